The van der Waals surface area contributed by atoms with E-state index in [0.29, 0.717) is 0 Å². The molecule has 0 aromatic heterocycles. The van der Waals surface area contributed by atoms with Gasteiger partial charge < -0.3 is 0 Å². The first kappa shape index (κ1) is 27.2. The van der Waals surface area contributed by atoms with Gasteiger partial charge in [0, 0.05) is 0 Å². The van der Waals surface area contributed by atoms with Crippen molar-refractivity contribution in [2.45, 2.75) is 125 Å². The van der Waals surface area contributed by atoms with Crippen molar-refractivity contribution in [2.75, 3.05) is 0 Å². The molecule has 0 amide bonds. The number of hydrogen-bond acceptors (Lipinski definition) is 2. The summed E-state index contributed by atoms with van der Waals surface area (Å²) >= 11 is -2.48. The summed E-state index contributed by atoms with van der Waals surface area (Å²) in [6.07, 6.45) is 12.6. The van der Waals surface area contributed by atoms with Crippen LogP contribution in [0.3, 0.4) is 0 Å². The first-order valence-corrected chi connectivity index (χ1v) is 22.5. The van der Waals surface area contributed by atoms with E-state index in [-0.39, 0.29) is 12.1 Å². The second kappa shape index (κ2) is 14.2. The molecule has 4 heteroatoms. The number of rotatable bonds is 15. The zero-order valence-electron chi connectivity index (χ0n) is 19.7. The van der Waals surface area contributed by atoms with Crippen molar-refractivity contribution in [2.24, 2.45) is 0 Å². The summed E-state index contributed by atoms with van der Waals surface area (Å²) < 4.78 is 12.1. The molecule has 0 spiro atoms. The van der Waals surface area contributed by atoms with Crippen molar-refractivity contribution in [3.8, 4) is 0 Å². The molecule has 0 aromatic carbocycles. The molecule has 0 bridgehead atoms. The minimum absolute atomic E-state index is 0.00446. The fourth-order valence-electron chi connectivity index (χ4n) is 4.41. The molecule has 0 rings (SSSR count). The van der Waals surface area contributed by atoms with Crippen molar-refractivity contribution >= 4 is 32.4 Å². The fourth-order valence-corrected chi connectivity index (χ4v) is 37.6. The molecule has 0 aliphatic rings. The van der Waals surface area contributed by atoms with Crippen molar-refractivity contribution in [3.63, 3.8) is 0 Å². The Hall–Kier alpha value is 0.226. The molecule has 160 valence electrons. The van der Waals surface area contributed by atoms with Gasteiger partial charge in [0.1, 0.15) is 0 Å². The topological polar surface area (TPSA) is 26.3 Å². The monoisotopic (exact) mass is 504 g/mol. The predicted octanol–water partition coefficient (Wildman–Crippen LogP) is 7.91. The van der Waals surface area contributed by atoms with E-state index in [1.54, 1.807) is 6.92 Å². The van der Waals surface area contributed by atoms with Gasteiger partial charge in [-0.1, -0.05) is 0 Å². The Balaban J connectivity index is 6.20. The Kier molecular flexibility index (Phi) is 14.4. The molecular weight excluding hydrogens is 455 g/mol. The molecule has 0 saturated carbocycles. The Morgan fingerprint density at radius 2 is 1.33 bits per heavy atom. The molecule has 1 atom stereocenters. The van der Waals surface area contributed by atoms with E-state index < -0.39 is 26.5 Å². The van der Waals surface area contributed by atoms with Gasteiger partial charge in [-0.05, 0) is 0 Å². The van der Waals surface area contributed by atoms with E-state index in [1.807, 2.05) is 3.21 Å². The maximum atomic E-state index is 11.7. The van der Waals surface area contributed by atoms with Gasteiger partial charge in [-0.3, -0.25) is 0 Å². The quantitative estimate of drug-likeness (QED) is 0.168. The van der Waals surface area contributed by atoms with Gasteiger partial charge >= 0.3 is 176 Å². The maximum absolute atomic E-state index is 11.7. The van der Waals surface area contributed by atoms with Gasteiger partial charge in [0.2, 0.25) is 0 Å². The molecule has 0 saturated heterocycles. The van der Waals surface area contributed by atoms with E-state index in [4.69, 9.17) is 4.74 Å². The van der Waals surface area contributed by atoms with E-state index in [0.717, 1.165) is 12.8 Å². The van der Waals surface area contributed by atoms with Gasteiger partial charge in [-0.15, -0.1) is 0 Å². The standard InChI is InChI=1S/C11H21O2Si.3C4H9.Sn/c1-6-7-11(13-10(2)12)8-9-14(3,4)5;3*1-3-4-2;/h8,11H,6-7H2,1-5H3;3*1,3-4H2,2H3;. The third-order valence-electron chi connectivity index (χ3n) is 5.65. The average Bonchev–Trinajstić information content (AvgIpc) is 2.58. The van der Waals surface area contributed by atoms with Crippen LogP contribution in [0, 0.1) is 0 Å². The number of carbonyl (C=O) groups excluding carboxylic acids is 1. The number of esters is 1. The van der Waals surface area contributed by atoms with Crippen molar-refractivity contribution in [3.05, 3.63) is 9.29 Å². The van der Waals surface area contributed by atoms with E-state index >= 15 is 0 Å². The summed E-state index contributed by atoms with van der Waals surface area (Å²) in [5.74, 6) is -0.129. The molecule has 0 radical (unpaired) electrons. The van der Waals surface area contributed by atoms with Crippen LogP contribution in [0.5, 0.6) is 0 Å². The van der Waals surface area contributed by atoms with Crippen LogP contribution >= 0.6 is 0 Å². The second-order valence-electron chi connectivity index (χ2n) is 9.36. The Labute approximate surface area is 175 Å². The molecule has 2 nitrogen and oxygen atoms in total. The van der Waals surface area contributed by atoms with Gasteiger partial charge in [0.05, 0.1) is 0 Å². The van der Waals surface area contributed by atoms with Crippen LogP contribution in [0.1, 0.15) is 86.0 Å². The minimum atomic E-state index is -2.48. The van der Waals surface area contributed by atoms with Crippen LogP contribution in [-0.2, 0) is 9.53 Å². The van der Waals surface area contributed by atoms with Crippen LogP contribution in [0.2, 0.25) is 33.0 Å². The molecule has 0 fully saturated rings. The third kappa shape index (κ3) is 10.5. The van der Waals surface area contributed by atoms with Gasteiger partial charge in [-0.25, -0.2) is 0 Å². The second-order valence-corrected chi connectivity index (χ2v) is 29.0. The SMILES string of the molecule is CCC[CH2][Sn]([CH2]CCC)([CH2]CCC)/[C](=C\C(CCC)OC(C)=O)[Si](C)(C)C. The van der Waals surface area contributed by atoms with Crippen molar-refractivity contribution < 1.29 is 9.53 Å². The van der Waals surface area contributed by atoms with E-state index in [9.17, 15) is 4.79 Å². The van der Waals surface area contributed by atoms with Crippen LogP contribution in [0.15, 0.2) is 9.29 Å². The summed E-state index contributed by atoms with van der Waals surface area (Å²) in [5, 5.41) is 0. The third-order valence-corrected chi connectivity index (χ3v) is 32.4. The first-order valence-electron chi connectivity index (χ1n) is 11.6. The molecular formula is C23H48O2SiSn. The number of hydrogen-bond donors (Lipinski definition) is 0. The summed E-state index contributed by atoms with van der Waals surface area (Å²) in [5.41, 5.74) is 0. The molecule has 27 heavy (non-hydrogen) atoms. The molecule has 0 heterocycles. The summed E-state index contributed by atoms with van der Waals surface area (Å²) in [4.78, 5) is 11.7. The average molecular weight is 503 g/mol. The molecule has 1 unspecified atom stereocenters. The molecule has 0 aromatic rings. The van der Waals surface area contributed by atoms with E-state index in [1.165, 1.54) is 51.8 Å². The fraction of sp³-hybridized carbons (Fsp3) is 0.870. The summed E-state index contributed by atoms with van der Waals surface area (Å²) in [7, 11) is -1.45. The molecule has 0 aliphatic heterocycles. The van der Waals surface area contributed by atoms with Crippen LogP contribution in [0.25, 0.3) is 0 Å². The summed E-state index contributed by atoms with van der Waals surface area (Å²) in [6, 6.07) is 0. The van der Waals surface area contributed by atoms with E-state index in [2.05, 4.69) is 53.4 Å². The Morgan fingerprint density at radius 1 is 0.889 bits per heavy atom. The van der Waals surface area contributed by atoms with Gasteiger partial charge in [0.15, 0.2) is 0 Å². The van der Waals surface area contributed by atoms with Crippen LogP contribution < -0.4 is 0 Å². The normalized spacial score (nSPS) is 14.3. The van der Waals surface area contributed by atoms with Crippen LogP contribution in [-0.4, -0.2) is 38.5 Å². The number of ether oxygens (including phenoxy) is 1. The number of unbranched alkanes of at least 4 members (excludes halogenated alkanes) is 3. The molecule has 0 N–H and O–H groups in total. The Morgan fingerprint density at radius 3 is 1.63 bits per heavy atom. The zero-order valence-corrected chi connectivity index (χ0v) is 23.6. The summed E-state index contributed by atoms with van der Waals surface area (Å²) in [6.45, 7) is 18.4. The first-order chi connectivity index (χ1) is 12.7. The number of carbonyl (C=O) groups is 1. The Bertz CT molecular complexity index is 418. The molecule has 0 aliphatic carbocycles. The van der Waals surface area contributed by atoms with Crippen molar-refractivity contribution in [1.82, 2.24) is 0 Å². The van der Waals surface area contributed by atoms with Crippen molar-refractivity contribution in [1.29, 1.82) is 0 Å². The predicted molar refractivity (Wildman–Crippen MR) is 127 cm³/mol. The zero-order chi connectivity index (χ0) is 20.9. The van der Waals surface area contributed by atoms with Crippen LogP contribution in [0.4, 0.5) is 0 Å². The van der Waals surface area contributed by atoms with Gasteiger partial charge in [-0.2, -0.15) is 0 Å². The van der Waals surface area contributed by atoms with Gasteiger partial charge in [0.25, 0.3) is 0 Å².